The number of nitrogens with zero attached hydrogens (tertiary/aromatic N) is 2. The number of nitrogens with one attached hydrogen (secondary N) is 1. The summed E-state index contributed by atoms with van der Waals surface area (Å²) in [6.45, 7) is 4.03. The van der Waals surface area contributed by atoms with Gasteiger partial charge in [-0.05, 0) is 36.8 Å². The minimum atomic E-state index is -0.860. The van der Waals surface area contributed by atoms with Crippen molar-refractivity contribution in [2.75, 3.05) is 18.1 Å². The fourth-order valence-corrected chi connectivity index (χ4v) is 4.45. The molecule has 2 amide bonds. The van der Waals surface area contributed by atoms with Gasteiger partial charge in [0.05, 0.1) is 12.0 Å². The number of hydrogen-bond donors (Lipinski definition) is 1. The average molecular weight is 426 g/mol. The highest BCUT2D eigenvalue weighted by Gasteiger charge is 2.38. The lowest BCUT2D eigenvalue weighted by Crippen LogP contribution is -2.50. The van der Waals surface area contributed by atoms with Gasteiger partial charge in [0.25, 0.3) is 5.91 Å². The molecule has 0 radical (unpaired) electrons. The predicted molar refractivity (Wildman–Crippen MR) is 116 cm³/mol. The minimum Gasteiger partial charge on any atom is -0.455 e. The van der Waals surface area contributed by atoms with Crippen molar-refractivity contribution < 1.29 is 19.1 Å². The molecule has 7 nitrogen and oxygen atoms in total. The van der Waals surface area contributed by atoms with Crippen LogP contribution in [0.2, 0.25) is 0 Å². The van der Waals surface area contributed by atoms with E-state index in [2.05, 4.69) is 25.2 Å². The fourth-order valence-electron chi connectivity index (χ4n) is 4.45. The summed E-state index contributed by atoms with van der Waals surface area (Å²) in [7, 11) is 0. The monoisotopic (exact) mass is 425 g/mol. The molecule has 166 valence electrons. The first-order valence-corrected chi connectivity index (χ1v) is 11.2. The highest BCUT2D eigenvalue weighted by molar-refractivity contribution is 6.00. The lowest BCUT2D eigenvalue weighted by Gasteiger charge is -2.31. The van der Waals surface area contributed by atoms with Crippen molar-refractivity contribution in [3.05, 3.63) is 29.8 Å². The van der Waals surface area contributed by atoms with Gasteiger partial charge in [0.15, 0.2) is 6.61 Å². The summed E-state index contributed by atoms with van der Waals surface area (Å²) in [6.07, 6.45) is 5.09. The minimum absolute atomic E-state index is 0.0669. The largest absolute Gasteiger partial charge is 0.455 e. The van der Waals surface area contributed by atoms with E-state index < -0.39 is 29.9 Å². The molecular formula is C24H31N3O4. The molecule has 1 heterocycles. The third-order valence-electron chi connectivity index (χ3n) is 6.47. The summed E-state index contributed by atoms with van der Waals surface area (Å²) < 4.78 is 5.21. The molecule has 1 saturated heterocycles. The van der Waals surface area contributed by atoms with Crippen LogP contribution in [-0.4, -0.2) is 36.5 Å². The lowest BCUT2D eigenvalue weighted by molar-refractivity contribution is -0.152. The number of carbonyl (C=O) groups excluding carboxylic acids is 3. The molecule has 1 saturated carbocycles. The number of esters is 1. The van der Waals surface area contributed by atoms with Crippen molar-refractivity contribution in [1.82, 2.24) is 5.32 Å². The quantitative estimate of drug-likeness (QED) is 0.675. The van der Waals surface area contributed by atoms with Crippen molar-refractivity contribution in [3.8, 4) is 6.07 Å². The van der Waals surface area contributed by atoms with Crippen molar-refractivity contribution in [2.24, 2.45) is 5.92 Å². The Morgan fingerprint density at radius 3 is 2.68 bits per heavy atom. The first kappa shape index (κ1) is 22.8. The smallest absolute Gasteiger partial charge is 0.311 e. The van der Waals surface area contributed by atoms with Gasteiger partial charge in [0.1, 0.15) is 5.54 Å². The molecule has 0 unspecified atom stereocenters. The van der Waals surface area contributed by atoms with Gasteiger partial charge in [-0.1, -0.05) is 51.3 Å². The Morgan fingerprint density at radius 1 is 1.29 bits per heavy atom. The number of carbonyl (C=O) groups is 3. The average Bonchev–Trinajstić information content (AvgIpc) is 3.19. The first-order valence-electron chi connectivity index (χ1n) is 11.2. The maximum Gasteiger partial charge on any atom is 0.311 e. The molecule has 3 rings (SSSR count). The van der Waals surface area contributed by atoms with Crippen LogP contribution in [0.3, 0.4) is 0 Å². The van der Waals surface area contributed by atoms with E-state index in [1.54, 1.807) is 4.90 Å². The molecular weight excluding hydrogens is 394 g/mol. The summed E-state index contributed by atoms with van der Waals surface area (Å²) in [6, 6.07) is 9.99. The highest BCUT2D eigenvalue weighted by Crippen LogP contribution is 2.33. The van der Waals surface area contributed by atoms with Crippen molar-refractivity contribution >= 4 is 23.5 Å². The number of nitriles is 1. The van der Waals surface area contributed by atoms with Crippen LogP contribution >= 0.6 is 0 Å². The van der Waals surface area contributed by atoms with Crippen LogP contribution < -0.4 is 10.2 Å². The van der Waals surface area contributed by atoms with E-state index in [4.69, 9.17) is 4.74 Å². The number of hydrogen-bond acceptors (Lipinski definition) is 5. The maximum atomic E-state index is 12.6. The van der Waals surface area contributed by atoms with Crippen LogP contribution in [0.1, 0.15) is 70.3 Å². The van der Waals surface area contributed by atoms with Gasteiger partial charge in [0, 0.05) is 18.7 Å². The van der Waals surface area contributed by atoms with Gasteiger partial charge in [-0.3, -0.25) is 14.4 Å². The zero-order valence-electron chi connectivity index (χ0n) is 18.4. The van der Waals surface area contributed by atoms with Crippen LogP contribution in [0.25, 0.3) is 0 Å². The topological polar surface area (TPSA) is 99.5 Å². The SMILES string of the molecule is CC[C@@H](C)c1ccccc1N1C[C@H](C(=O)OCC(=O)NC2(C#N)CCCCC2)CC1=O. The zero-order chi connectivity index (χ0) is 22.4. The third kappa shape index (κ3) is 5.25. The summed E-state index contributed by atoms with van der Waals surface area (Å²) in [5.41, 5.74) is 1.06. The molecule has 1 aromatic rings. The number of rotatable bonds is 7. The van der Waals surface area contributed by atoms with Gasteiger partial charge in [0.2, 0.25) is 5.91 Å². The third-order valence-corrected chi connectivity index (χ3v) is 6.47. The van der Waals surface area contributed by atoms with Crippen LogP contribution in [-0.2, 0) is 19.1 Å². The van der Waals surface area contributed by atoms with Gasteiger partial charge >= 0.3 is 5.97 Å². The molecule has 1 N–H and O–H groups in total. The van der Waals surface area contributed by atoms with E-state index in [0.717, 1.165) is 36.9 Å². The van der Waals surface area contributed by atoms with Crippen LogP contribution in [0, 0.1) is 17.2 Å². The predicted octanol–water partition coefficient (Wildman–Crippen LogP) is 3.44. The molecule has 2 fully saturated rings. The Balaban J connectivity index is 1.57. The molecule has 1 aliphatic carbocycles. The highest BCUT2D eigenvalue weighted by atomic mass is 16.5. The number of para-hydroxylation sites is 1. The van der Waals surface area contributed by atoms with Gasteiger partial charge < -0.3 is 15.0 Å². The van der Waals surface area contributed by atoms with Crippen LogP contribution in [0.4, 0.5) is 5.69 Å². The van der Waals surface area contributed by atoms with E-state index in [-0.39, 0.29) is 18.9 Å². The van der Waals surface area contributed by atoms with E-state index in [1.807, 2.05) is 24.3 Å². The van der Waals surface area contributed by atoms with Crippen molar-refractivity contribution in [2.45, 2.75) is 70.3 Å². The summed E-state index contributed by atoms with van der Waals surface area (Å²) in [5.74, 6) is -1.45. The fraction of sp³-hybridized carbons (Fsp3) is 0.583. The van der Waals surface area contributed by atoms with Crippen molar-refractivity contribution in [3.63, 3.8) is 0 Å². The molecule has 2 aliphatic rings. The molecule has 7 heteroatoms. The normalized spacial score (nSPS) is 21.3. The van der Waals surface area contributed by atoms with Crippen LogP contribution in [0.15, 0.2) is 24.3 Å². The van der Waals surface area contributed by atoms with Gasteiger partial charge in [-0.25, -0.2) is 0 Å². The van der Waals surface area contributed by atoms with E-state index >= 15 is 0 Å². The summed E-state index contributed by atoms with van der Waals surface area (Å²) >= 11 is 0. The Labute approximate surface area is 183 Å². The number of amides is 2. The molecule has 31 heavy (non-hydrogen) atoms. The second-order valence-electron chi connectivity index (χ2n) is 8.68. The summed E-state index contributed by atoms with van der Waals surface area (Å²) in [4.78, 5) is 39.1. The number of ether oxygens (including phenoxy) is 1. The lowest BCUT2D eigenvalue weighted by atomic mass is 9.83. The van der Waals surface area contributed by atoms with Gasteiger partial charge in [-0.15, -0.1) is 0 Å². The molecule has 0 spiro atoms. The Hall–Kier alpha value is -2.88. The molecule has 0 aromatic heterocycles. The van der Waals surface area contributed by atoms with Crippen molar-refractivity contribution in [1.29, 1.82) is 5.26 Å². The Bertz CT molecular complexity index is 870. The number of benzene rings is 1. The van der Waals surface area contributed by atoms with E-state index in [9.17, 15) is 19.6 Å². The molecule has 0 bridgehead atoms. The maximum absolute atomic E-state index is 12.6. The Morgan fingerprint density at radius 2 is 2.00 bits per heavy atom. The molecule has 2 atom stereocenters. The van der Waals surface area contributed by atoms with E-state index in [0.29, 0.717) is 18.8 Å². The van der Waals surface area contributed by atoms with Gasteiger partial charge in [-0.2, -0.15) is 5.26 Å². The standard InChI is InChI=1S/C24H31N3O4/c1-3-17(2)19-9-5-6-10-20(19)27-14-18(13-22(27)29)23(30)31-15-21(28)26-24(16-25)11-7-4-8-12-24/h5-6,9-10,17-18H,3-4,7-8,11-15H2,1-2H3,(H,26,28)/t17-,18-/m1/s1. The summed E-state index contributed by atoms with van der Waals surface area (Å²) in [5, 5.41) is 12.2. The van der Waals surface area contributed by atoms with Crippen LogP contribution in [0.5, 0.6) is 0 Å². The molecule has 1 aliphatic heterocycles. The second-order valence-corrected chi connectivity index (χ2v) is 8.68. The molecule has 1 aromatic carbocycles. The first-order chi connectivity index (χ1) is 14.9. The number of anilines is 1. The zero-order valence-corrected chi connectivity index (χ0v) is 18.4. The van der Waals surface area contributed by atoms with E-state index in [1.165, 1.54) is 0 Å². The second kappa shape index (κ2) is 9.95. The Kier molecular flexibility index (Phi) is 7.32.